The first-order chi connectivity index (χ1) is 7.19. The predicted molar refractivity (Wildman–Crippen MR) is 64.1 cm³/mol. The molecule has 15 heavy (non-hydrogen) atoms. The maximum absolute atomic E-state index is 4.36. The molecule has 0 aliphatic heterocycles. The van der Waals surface area contributed by atoms with Crippen LogP contribution in [-0.2, 0) is 6.54 Å². The van der Waals surface area contributed by atoms with Gasteiger partial charge in [-0.3, -0.25) is 4.68 Å². The molecule has 0 radical (unpaired) electrons. The summed E-state index contributed by atoms with van der Waals surface area (Å²) in [7, 11) is 0. The van der Waals surface area contributed by atoms with Crippen LogP contribution in [0.5, 0.6) is 0 Å². The summed E-state index contributed by atoms with van der Waals surface area (Å²) in [5, 5.41) is 7.81. The minimum Gasteiger partial charge on any atom is -0.314 e. The van der Waals surface area contributed by atoms with Crippen molar-refractivity contribution in [2.24, 2.45) is 0 Å². The quantitative estimate of drug-likeness (QED) is 0.779. The highest BCUT2D eigenvalue weighted by molar-refractivity contribution is 5.12. The highest BCUT2D eigenvalue weighted by Gasteiger charge is 2.14. The Morgan fingerprint density at radius 3 is 2.73 bits per heavy atom. The van der Waals surface area contributed by atoms with Crippen LogP contribution in [0.25, 0.3) is 0 Å². The lowest BCUT2D eigenvalue weighted by Gasteiger charge is -2.19. The molecule has 1 aromatic heterocycles. The van der Waals surface area contributed by atoms with E-state index in [0.29, 0.717) is 12.0 Å². The Morgan fingerprint density at radius 1 is 1.40 bits per heavy atom. The smallest absolute Gasteiger partial charge is 0.0525 e. The third kappa shape index (κ3) is 3.34. The van der Waals surface area contributed by atoms with Crippen molar-refractivity contribution in [1.82, 2.24) is 15.1 Å². The van der Waals surface area contributed by atoms with Crippen molar-refractivity contribution in [3.63, 3.8) is 0 Å². The number of aryl methyl sites for hydroxylation is 1. The summed E-state index contributed by atoms with van der Waals surface area (Å²) in [6, 6.07) is 0.509. The van der Waals surface area contributed by atoms with E-state index in [1.807, 2.05) is 10.9 Å². The number of hydrogen-bond donors (Lipinski definition) is 1. The van der Waals surface area contributed by atoms with Crippen molar-refractivity contribution < 1.29 is 0 Å². The van der Waals surface area contributed by atoms with Gasteiger partial charge in [0.05, 0.1) is 6.20 Å². The summed E-state index contributed by atoms with van der Waals surface area (Å²) in [5.41, 5.74) is 1.33. The van der Waals surface area contributed by atoms with Crippen LogP contribution >= 0.6 is 0 Å². The molecule has 0 amide bonds. The molecule has 1 N–H and O–H groups in total. The molecule has 3 nitrogen and oxygen atoms in total. The van der Waals surface area contributed by atoms with Gasteiger partial charge in [0, 0.05) is 18.8 Å². The van der Waals surface area contributed by atoms with Crippen molar-refractivity contribution in [2.75, 3.05) is 6.54 Å². The molecule has 0 spiro atoms. The van der Waals surface area contributed by atoms with Gasteiger partial charge in [0.25, 0.3) is 0 Å². The number of aromatic nitrogens is 2. The Morgan fingerprint density at radius 2 is 2.13 bits per heavy atom. The maximum atomic E-state index is 4.36. The average Bonchev–Trinajstić information content (AvgIpc) is 2.66. The van der Waals surface area contributed by atoms with E-state index in [9.17, 15) is 0 Å². The molecule has 0 saturated carbocycles. The third-order valence-corrected chi connectivity index (χ3v) is 2.91. The monoisotopic (exact) mass is 209 g/mol. The molecule has 1 rings (SSSR count). The lowest BCUT2D eigenvalue weighted by Crippen LogP contribution is -2.30. The van der Waals surface area contributed by atoms with E-state index in [1.54, 1.807) is 0 Å². The molecule has 3 heteroatoms. The van der Waals surface area contributed by atoms with E-state index in [0.717, 1.165) is 19.5 Å². The fourth-order valence-corrected chi connectivity index (χ4v) is 1.75. The molecule has 0 aliphatic carbocycles. The third-order valence-electron chi connectivity index (χ3n) is 2.91. The van der Waals surface area contributed by atoms with E-state index < -0.39 is 0 Å². The van der Waals surface area contributed by atoms with Gasteiger partial charge in [0.15, 0.2) is 0 Å². The number of nitrogens with zero attached hydrogens (tertiary/aromatic N) is 2. The lowest BCUT2D eigenvalue weighted by atomic mass is 9.97. The molecular weight excluding hydrogens is 186 g/mol. The van der Waals surface area contributed by atoms with Crippen LogP contribution < -0.4 is 5.32 Å². The van der Waals surface area contributed by atoms with Gasteiger partial charge in [-0.2, -0.15) is 5.10 Å². The first-order valence-electron chi connectivity index (χ1n) is 5.94. The predicted octanol–water partition coefficient (Wildman–Crippen LogP) is 2.39. The van der Waals surface area contributed by atoms with Gasteiger partial charge in [-0.1, -0.05) is 20.8 Å². The summed E-state index contributed by atoms with van der Waals surface area (Å²) >= 11 is 0. The highest BCUT2D eigenvalue weighted by Crippen LogP contribution is 2.18. The van der Waals surface area contributed by atoms with Crippen LogP contribution in [0.2, 0.25) is 0 Å². The Hall–Kier alpha value is -0.830. The van der Waals surface area contributed by atoms with Gasteiger partial charge >= 0.3 is 0 Å². The van der Waals surface area contributed by atoms with Crippen molar-refractivity contribution in [3.8, 4) is 0 Å². The first kappa shape index (κ1) is 12.2. The largest absolute Gasteiger partial charge is 0.314 e. The van der Waals surface area contributed by atoms with Crippen molar-refractivity contribution in [3.05, 3.63) is 18.0 Å². The van der Waals surface area contributed by atoms with Crippen LogP contribution in [0.4, 0.5) is 0 Å². The zero-order chi connectivity index (χ0) is 11.3. The van der Waals surface area contributed by atoms with E-state index in [2.05, 4.69) is 44.3 Å². The molecule has 0 saturated heterocycles. The van der Waals surface area contributed by atoms with Crippen LogP contribution in [0.1, 0.15) is 45.6 Å². The lowest BCUT2D eigenvalue weighted by molar-refractivity contribution is 0.494. The fourth-order valence-electron chi connectivity index (χ4n) is 1.75. The minimum atomic E-state index is 0.509. The van der Waals surface area contributed by atoms with Gasteiger partial charge in [-0.25, -0.2) is 0 Å². The maximum Gasteiger partial charge on any atom is 0.0525 e. The SMILES string of the molecule is CCCn1cc(C(C)C(C)NCC)cn1. The molecular formula is C12H23N3. The van der Waals surface area contributed by atoms with E-state index in [-0.39, 0.29) is 0 Å². The van der Waals surface area contributed by atoms with Crippen molar-refractivity contribution in [1.29, 1.82) is 0 Å². The van der Waals surface area contributed by atoms with Gasteiger partial charge in [-0.15, -0.1) is 0 Å². The van der Waals surface area contributed by atoms with E-state index in [1.165, 1.54) is 5.56 Å². The number of nitrogens with one attached hydrogen (secondary N) is 1. The van der Waals surface area contributed by atoms with Crippen LogP contribution in [0.15, 0.2) is 12.4 Å². The second kappa shape index (κ2) is 5.91. The Labute approximate surface area is 92.9 Å². The fraction of sp³-hybridized carbons (Fsp3) is 0.750. The average molecular weight is 209 g/mol. The molecule has 1 heterocycles. The van der Waals surface area contributed by atoms with Crippen LogP contribution in [-0.4, -0.2) is 22.4 Å². The molecule has 0 fully saturated rings. The molecule has 86 valence electrons. The molecule has 0 bridgehead atoms. The molecule has 0 aromatic carbocycles. The molecule has 0 aliphatic rings. The molecule has 2 atom stereocenters. The van der Waals surface area contributed by atoms with Crippen molar-refractivity contribution >= 4 is 0 Å². The Kier molecular flexibility index (Phi) is 4.82. The summed E-state index contributed by atoms with van der Waals surface area (Å²) < 4.78 is 2.03. The Bertz CT molecular complexity index is 280. The topological polar surface area (TPSA) is 29.9 Å². The Balaban J connectivity index is 2.60. The highest BCUT2D eigenvalue weighted by atomic mass is 15.3. The zero-order valence-electron chi connectivity index (χ0n) is 10.3. The van der Waals surface area contributed by atoms with Gasteiger partial charge in [-0.05, 0) is 31.4 Å². The summed E-state index contributed by atoms with van der Waals surface area (Å²) in [4.78, 5) is 0. The number of likely N-dealkylation sites (N-methyl/N-ethyl adjacent to an activating group) is 1. The van der Waals surface area contributed by atoms with Crippen LogP contribution in [0.3, 0.4) is 0 Å². The summed E-state index contributed by atoms with van der Waals surface area (Å²) in [6.07, 6.45) is 5.30. The van der Waals surface area contributed by atoms with Crippen molar-refractivity contribution in [2.45, 2.75) is 52.6 Å². The first-order valence-corrected chi connectivity index (χ1v) is 5.94. The van der Waals surface area contributed by atoms with Gasteiger partial charge in [0.2, 0.25) is 0 Å². The standard InChI is InChI=1S/C12H23N3/c1-5-7-15-9-12(8-14-15)10(3)11(4)13-6-2/h8-11,13H,5-7H2,1-4H3. The van der Waals surface area contributed by atoms with Gasteiger partial charge in [0.1, 0.15) is 0 Å². The summed E-state index contributed by atoms with van der Waals surface area (Å²) in [5.74, 6) is 0.524. The second-order valence-corrected chi connectivity index (χ2v) is 4.17. The number of rotatable bonds is 6. The van der Waals surface area contributed by atoms with Gasteiger partial charge < -0.3 is 5.32 Å². The molecule has 2 unspecified atom stereocenters. The zero-order valence-corrected chi connectivity index (χ0v) is 10.3. The summed E-state index contributed by atoms with van der Waals surface area (Å²) in [6.45, 7) is 10.8. The second-order valence-electron chi connectivity index (χ2n) is 4.17. The number of hydrogen-bond acceptors (Lipinski definition) is 2. The van der Waals surface area contributed by atoms with E-state index in [4.69, 9.17) is 0 Å². The normalized spacial score (nSPS) is 15.2. The minimum absolute atomic E-state index is 0.509. The van der Waals surface area contributed by atoms with Crippen LogP contribution in [0, 0.1) is 0 Å². The van der Waals surface area contributed by atoms with E-state index >= 15 is 0 Å². The molecule has 1 aromatic rings.